The zero-order valence-electron chi connectivity index (χ0n) is 18.7. The quantitative estimate of drug-likeness (QED) is 0.162. The number of unbranched alkanes of at least 4 members (excludes halogenated alkanes) is 1. The number of aliphatic hydroxyl groups excluding tert-OH is 1. The van der Waals surface area contributed by atoms with E-state index in [2.05, 4.69) is 31.8 Å². The van der Waals surface area contributed by atoms with Crippen molar-refractivity contribution >= 4 is 5.84 Å². The SMILES string of the molecule is C/C=C\C(=C/CCC)N=C(N)CC(=C/C=C/C(O)OC)/C=C(\C)OC.CCC. The first-order valence-corrected chi connectivity index (χ1v) is 9.84. The van der Waals surface area contributed by atoms with Crippen molar-refractivity contribution in [2.45, 2.75) is 66.6 Å². The molecule has 0 fully saturated rings. The van der Waals surface area contributed by atoms with Crippen LogP contribution < -0.4 is 5.73 Å². The molecule has 0 heterocycles. The van der Waals surface area contributed by atoms with E-state index in [0.717, 1.165) is 29.9 Å². The Morgan fingerprint density at radius 1 is 1.21 bits per heavy atom. The van der Waals surface area contributed by atoms with Crippen molar-refractivity contribution in [1.29, 1.82) is 0 Å². The molecule has 0 aromatic rings. The van der Waals surface area contributed by atoms with Crippen molar-refractivity contribution in [3.8, 4) is 0 Å². The Morgan fingerprint density at radius 2 is 1.86 bits per heavy atom. The summed E-state index contributed by atoms with van der Waals surface area (Å²) in [4.78, 5) is 4.50. The number of hydrogen-bond acceptors (Lipinski definition) is 4. The van der Waals surface area contributed by atoms with Crippen LogP contribution in [0.2, 0.25) is 0 Å². The molecular formula is C23H40N2O3. The molecule has 28 heavy (non-hydrogen) atoms. The molecule has 0 bridgehead atoms. The molecule has 0 spiro atoms. The third-order valence-corrected chi connectivity index (χ3v) is 3.18. The standard InChI is InChI=1S/C20H32N2O3.C3H8/c1-6-8-12-18(10-7-2)22-19(21)15-17(14-16(3)24-4)11-9-13-20(23)25-5;1-3-2/h7,9-14,20,23H,6,8,15H2,1-5H3,(H2,21,22);3H2,1-2H3/b10-7-,13-9+,16-14+,17-11+,18-12+;. The lowest BCUT2D eigenvalue weighted by atomic mass is 10.1. The minimum atomic E-state index is -0.936. The molecule has 1 unspecified atom stereocenters. The van der Waals surface area contributed by atoms with Crippen molar-refractivity contribution in [3.63, 3.8) is 0 Å². The van der Waals surface area contributed by atoms with Crippen molar-refractivity contribution in [2.24, 2.45) is 10.7 Å². The topological polar surface area (TPSA) is 77.1 Å². The van der Waals surface area contributed by atoms with Crippen molar-refractivity contribution < 1.29 is 14.6 Å². The van der Waals surface area contributed by atoms with Crippen LogP contribution in [0.4, 0.5) is 0 Å². The van der Waals surface area contributed by atoms with Crippen LogP contribution in [0.3, 0.4) is 0 Å². The molecule has 1 atom stereocenters. The summed E-state index contributed by atoms with van der Waals surface area (Å²) >= 11 is 0. The second-order valence-electron chi connectivity index (χ2n) is 6.12. The predicted octanol–water partition coefficient (Wildman–Crippen LogP) is 5.41. The van der Waals surface area contributed by atoms with Gasteiger partial charge in [-0.3, -0.25) is 0 Å². The number of rotatable bonds is 11. The zero-order chi connectivity index (χ0) is 21.8. The van der Waals surface area contributed by atoms with Crippen molar-refractivity contribution in [3.05, 3.63) is 59.6 Å². The Morgan fingerprint density at radius 3 is 2.36 bits per heavy atom. The maximum Gasteiger partial charge on any atom is 0.174 e. The zero-order valence-corrected chi connectivity index (χ0v) is 18.7. The Labute approximate surface area is 172 Å². The number of aliphatic hydroxyl groups is 1. The number of amidine groups is 1. The lowest BCUT2D eigenvalue weighted by Crippen LogP contribution is -2.12. The third kappa shape index (κ3) is 17.3. The molecule has 0 aliphatic rings. The Hall–Kier alpha value is -2.11. The van der Waals surface area contributed by atoms with Gasteiger partial charge >= 0.3 is 0 Å². The summed E-state index contributed by atoms with van der Waals surface area (Å²) in [5.41, 5.74) is 7.89. The molecule has 0 saturated carbocycles. The minimum absolute atomic E-state index is 0.467. The van der Waals surface area contributed by atoms with Crippen LogP contribution in [0.25, 0.3) is 0 Å². The van der Waals surface area contributed by atoms with E-state index in [1.165, 1.54) is 19.6 Å². The van der Waals surface area contributed by atoms with Crippen molar-refractivity contribution in [2.75, 3.05) is 14.2 Å². The summed E-state index contributed by atoms with van der Waals surface area (Å²) in [6, 6.07) is 0. The van der Waals surface area contributed by atoms with Gasteiger partial charge in [0.2, 0.25) is 0 Å². The van der Waals surface area contributed by atoms with Crippen LogP contribution in [-0.2, 0) is 9.47 Å². The third-order valence-electron chi connectivity index (χ3n) is 3.18. The molecule has 5 heteroatoms. The summed E-state index contributed by atoms with van der Waals surface area (Å²) in [5, 5.41) is 9.40. The molecule has 0 saturated heterocycles. The van der Waals surface area contributed by atoms with Crippen LogP contribution >= 0.6 is 0 Å². The van der Waals surface area contributed by atoms with E-state index in [4.69, 9.17) is 15.2 Å². The van der Waals surface area contributed by atoms with Crippen LogP contribution in [-0.4, -0.2) is 31.5 Å². The van der Waals surface area contributed by atoms with E-state index >= 15 is 0 Å². The first-order valence-electron chi connectivity index (χ1n) is 9.84. The largest absolute Gasteiger partial charge is 0.501 e. The fourth-order valence-electron chi connectivity index (χ4n) is 1.86. The predicted molar refractivity (Wildman–Crippen MR) is 121 cm³/mol. The maximum absolute atomic E-state index is 9.40. The molecule has 0 aliphatic carbocycles. The molecular weight excluding hydrogens is 352 g/mol. The van der Waals surface area contributed by atoms with E-state index in [1.807, 2.05) is 38.2 Å². The highest BCUT2D eigenvalue weighted by atomic mass is 16.6. The van der Waals surface area contributed by atoms with Gasteiger partial charge in [0.25, 0.3) is 0 Å². The number of nitrogens with two attached hydrogens (primary N) is 1. The second-order valence-corrected chi connectivity index (χ2v) is 6.12. The first-order chi connectivity index (χ1) is 13.4. The van der Waals surface area contributed by atoms with E-state index in [9.17, 15) is 5.11 Å². The number of allylic oxidation sites excluding steroid dienone is 7. The Kier molecular flexibility index (Phi) is 19.7. The number of hydrogen-bond donors (Lipinski definition) is 2. The van der Waals surface area contributed by atoms with E-state index in [-0.39, 0.29) is 0 Å². The van der Waals surface area contributed by atoms with Gasteiger partial charge in [0.1, 0.15) is 5.84 Å². The molecule has 160 valence electrons. The van der Waals surface area contributed by atoms with E-state index in [0.29, 0.717) is 12.3 Å². The smallest absolute Gasteiger partial charge is 0.174 e. The summed E-state index contributed by atoms with van der Waals surface area (Å²) < 4.78 is 9.97. The van der Waals surface area contributed by atoms with E-state index < -0.39 is 6.29 Å². The second kappa shape index (κ2) is 19.6. The first kappa shape index (κ1) is 28.1. The lowest BCUT2D eigenvalue weighted by Gasteiger charge is -2.06. The van der Waals surface area contributed by atoms with Gasteiger partial charge in [0.15, 0.2) is 6.29 Å². The van der Waals surface area contributed by atoms with Gasteiger partial charge in [-0.15, -0.1) is 0 Å². The molecule has 3 N–H and O–H groups in total. The molecule has 0 rings (SSSR count). The normalized spacial score (nSPS) is 15.0. The Bertz CT molecular complexity index is 570. The lowest BCUT2D eigenvalue weighted by molar-refractivity contribution is -0.0356. The summed E-state index contributed by atoms with van der Waals surface area (Å²) in [6.45, 7) is 10.2. The minimum Gasteiger partial charge on any atom is -0.501 e. The van der Waals surface area contributed by atoms with Gasteiger partial charge in [-0.05, 0) is 44.1 Å². The molecule has 5 nitrogen and oxygen atoms in total. The van der Waals surface area contributed by atoms with Gasteiger partial charge in [-0.1, -0.05) is 57.9 Å². The van der Waals surface area contributed by atoms with Gasteiger partial charge in [-0.2, -0.15) is 0 Å². The number of nitrogens with zero attached hydrogens (tertiary/aromatic N) is 1. The van der Waals surface area contributed by atoms with Gasteiger partial charge in [0, 0.05) is 13.5 Å². The molecule has 0 aromatic carbocycles. The molecule has 0 amide bonds. The highest BCUT2D eigenvalue weighted by Crippen LogP contribution is 2.11. The van der Waals surface area contributed by atoms with Gasteiger partial charge < -0.3 is 20.3 Å². The highest BCUT2D eigenvalue weighted by Gasteiger charge is 2.01. The number of ether oxygens (including phenoxy) is 2. The highest BCUT2D eigenvalue weighted by molar-refractivity contribution is 5.84. The average Bonchev–Trinajstić information content (AvgIpc) is 2.66. The number of methoxy groups -OCH3 is 2. The summed E-state index contributed by atoms with van der Waals surface area (Å²) in [5.74, 6) is 1.27. The van der Waals surface area contributed by atoms with E-state index in [1.54, 1.807) is 13.2 Å². The van der Waals surface area contributed by atoms with Crippen LogP contribution in [0, 0.1) is 0 Å². The van der Waals surface area contributed by atoms with Gasteiger partial charge in [-0.25, -0.2) is 4.99 Å². The summed E-state index contributed by atoms with van der Waals surface area (Å²) in [7, 11) is 3.05. The number of aliphatic imine (C=N–C) groups is 1. The average molecular weight is 393 g/mol. The van der Waals surface area contributed by atoms with Crippen LogP contribution in [0.1, 0.15) is 60.3 Å². The Balaban J connectivity index is 0. The molecule has 0 aromatic heterocycles. The summed E-state index contributed by atoms with van der Waals surface area (Å²) in [6.07, 6.45) is 15.7. The fraction of sp³-hybridized carbons (Fsp3) is 0.522. The van der Waals surface area contributed by atoms with Crippen molar-refractivity contribution in [1.82, 2.24) is 0 Å². The monoisotopic (exact) mass is 392 g/mol. The maximum atomic E-state index is 9.40. The van der Waals surface area contributed by atoms with Gasteiger partial charge in [0.05, 0.1) is 18.6 Å². The van der Waals surface area contributed by atoms with Crippen LogP contribution in [0.15, 0.2) is 64.6 Å². The molecule has 0 aliphatic heterocycles. The molecule has 0 radical (unpaired) electrons. The fourth-order valence-corrected chi connectivity index (χ4v) is 1.86. The van der Waals surface area contributed by atoms with Crippen LogP contribution in [0.5, 0.6) is 0 Å².